The molecule has 5 nitrogen and oxygen atoms in total. The normalized spacial score (nSPS) is 10.3. The second kappa shape index (κ2) is 18.3. The Labute approximate surface area is 233 Å². The minimum absolute atomic E-state index is 0. The van der Waals surface area contributed by atoms with Gasteiger partial charge in [-0.05, 0) is 56.5 Å². The first kappa shape index (κ1) is 35.2. The molecule has 1 aromatic heterocycles. The van der Waals surface area contributed by atoms with Gasteiger partial charge in [-0.25, -0.2) is 4.98 Å². The molecule has 0 bridgehead atoms. The van der Waals surface area contributed by atoms with Crippen LogP contribution in [0.2, 0.25) is 0 Å². The average molecular weight is 572 g/mol. The molecule has 34 heavy (non-hydrogen) atoms. The maximum atomic E-state index is 5.97. The van der Waals surface area contributed by atoms with Gasteiger partial charge in [0.05, 0.1) is 11.0 Å². The molecule has 0 aliphatic heterocycles. The second-order valence-electron chi connectivity index (χ2n) is 7.45. The molecule has 0 saturated heterocycles. The van der Waals surface area contributed by atoms with E-state index in [-0.39, 0.29) is 54.3 Å². The summed E-state index contributed by atoms with van der Waals surface area (Å²) in [6.07, 6.45) is 0. The summed E-state index contributed by atoms with van der Waals surface area (Å²) in [5, 5.41) is 2.24. The Hall–Kier alpha value is -0.981. The van der Waals surface area contributed by atoms with E-state index in [1.54, 1.807) is 0 Å². The molecule has 191 valence electrons. The summed E-state index contributed by atoms with van der Waals surface area (Å²) in [6, 6.07) is 14.5. The molecule has 0 amide bonds. The van der Waals surface area contributed by atoms with Gasteiger partial charge in [0.25, 0.3) is 0 Å². The molecule has 0 saturated carbocycles. The Morgan fingerprint density at radius 1 is 0.618 bits per heavy atom. The zero-order chi connectivity index (χ0) is 21.3. The largest absolute Gasteiger partial charge is 3.00 e. The number of hydrogen-bond acceptors (Lipinski definition) is 5. The van der Waals surface area contributed by atoms with Crippen LogP contribution in [-0.2, 0) is 17.1 Å². The molecule has 0 N–H and O–H groups in total. The molecule has 3 rings (SSSR count). The van der Waals surface area contributed by atoms with Crippen LogP contribution in [0.3, 0.4) is 0 Å². The smallest absolute Gasteiger partial charge is 1.00 e. The molecule has 0 aliphatic carbocycles. The first-order chi connectivity index (χ1) is 14.7. The Balaban J connectivity index is 0. The molecule has 0 unspecified atom stereocenters. The van der Waals surface area contributed by atoms with Gasteiger partial charge < -0.3 is 56.5 Å². The van der Waals surface area contributed by atoms with Crippen molar-refractivity contribution in [3.8, 4) is 11.5 Å². The van der Waals surface area contributed by atoms with Crippen LogP contribution in [0.5, 0.6) is 11.5 Å². The summed E-state index contributed by atoms with van der Waals surface area (Å²) in [5.41, 5.74) is 1.89. The van der Waals surface area contributed by atoms with Gasteiger partial charge in [-0.15, -0.1) is 0 Å². The zero-order valence-electron chi connectivity index (χ0n) is 20.3. The van der Waals surface area contributed by atoms with E-state index in [0.717, 1.165) is 72.6 Å². The molecular weight excluding hydrogens is 536 g/mol. The van der Waals surface area contributed by atoms with Crippen molar-refractivity contribution in [1.82, 2.24) is 14.8 Å². The van der Waals surface area contributed by atoms with Crippen molar-refractivity contribution in [3.63, 3.8) is 0 Å². The number of hydrogen-bond donors (Lipinski definition) is 0. The summed E-state index contributed by atoms with van der Waals surface area (Å²) < 4.78 is 11.9. The first-order valence-electron chi connectivity index (χ1n) is 11.2. The third-order valence-corrected chi connectivity index (χ3v) is 5.70. The van der Waals surface area contributed by atoms with Gasteiger partial charge in [0, 0.05) is 36.0 Å². The molecule has 3 aromatic rings. The number of fused-ring (bicyclic) bond motifs is 2. The molecule has 1 radical (unpaired) electrons. The van der Waals surface area contributed by atoms with Crippen molar-refractivity contribution in [2.24, 2.45) is 0 Å². The third kappa shape index (κ3) is 9.94. The van der Waals surface area contributed by atoms with Gasteiger partial charge in [-0.1, -0.05) is 27.7 Å². The SMILES string of the molecule is CCN(CC)CCOc1ccc2cc3ccc(OCCN(CC)CC)cc3nc2c1.[Cl-].[Cl-].[Cl-].[Fe+3]. The standard InChI is InChI=1S/C25H35N3O2.3ClH.Fe/c1-5-27(6-2)13-15-29-22-11-9-20-17-21-10-12-23(19-25(21)26-24(20)18-22)30-16-14-28(7-3)8-4;;;;/h9-12,17-19H,5-8,13-16H2,1-4H3;3*1H;/q;;;;+3/p-3. The Morgan fingerprint density at radius 3 is 1.35 bits per heavy atom. The number of likely N-dealkylation sites (N-methyl/N-ethyl adjacent to an activating group) is 2. The molecule has 0 spiro atoms. The number of pyridine rings is 1. The van der Waals surface area contributed by atoms with Crippen molar-refractivity contribution in [2.45, 2.75) is 27.7 Å². The van der Waals surface area contributed by atoms with Crippen molar-refractivity contribution in [3.05, 3.63) is 42.5 Å². The zero-order valence-corrected chi connectivity index (χ0v) is 23.7. The van der Waals surface area contributed by atoms with E-state index in [4.69, 9.17) is 14.5 Å². The minimum atomic E-state index is 0. The van der Waals surface area contributed by atoms with E-state index in [2.05, 4.69) is 55.7 Å². The molecule has 0 aliphatic rings. The second-order valence-corrected chi connectivity index (χ2v) is 7.45. The van der Waals surface area contributed by atoms with Crippen LogP contribution in [0, 0.1) is 0 Å². The van der Waals surface area contributed by atoms with E-state index in [0.29, 0.717) is 13.2 Å². The summed E-state index contributed by atoms with van der Waals surface area (Å²) in [7, 11) is 0. The summed E-state index contributed by atoms with van der Waals surface area (Å²) in [5.74, 6) is 1.74. The van der Waals surface area contributed by atoms with Crippen LogP contribution in [0.25, 0.3) is 21.8 Å². The maximum absolute atomic E-state index is 5.97. The number of aromatic nitrogens is 1. The van der Waals surface area contributed by atoms with E-state index in [1.165, 1.54) is 0 Å². The predicted molar refractivity (Wildman–Crippen MR) is 126 cm³/mol. The number of benzene rings is 2. The number of halogens is 3. The van der Waals surface area contributed by atoms with Gasteiger partial charge >= 0.3 is 17.1 Å². The topological polar surface area (TPSA) is 37.8 Å². The average Bonchev–Trinajstić information content (AvgIpc) is 2.78. The fourth-order valence-corrected chi connectivity index (χ4v) is 3.63. The molecule has 1 heterocycles. The first-order valence-corrected chi connectivity index (χ1v) is 11.2. The van der Waals surface area contributed by atoms with Crippen LogP contribution in [0.1, 0.15) is 27.7 Å². The van der Waals surface area contributed by atoms with E-state index >= 15 is 0 Å². The Bertz CT molecular complexity index is 884. The predicted octanol–water partition coefficient (Wildman–Crippen LogP) is -4.16. The number of rotatable bonds is 12. The quantitative estimate of drug-likeness (QED) is 0.163. The molecule has 0 atom stereocenters. The van der Waals surface area contributed by atoms with Crippen LogP contribution in [-0.4, -0.2) is 67.3 Å². The van der Waals surface area contributed by atoms with Gasteiger partial charge in [0.1, 0.15) is 24.7 Å². The van der Waals surface area contributed by atoms with Gasteiger partial charge in [-0.3, -0.25) is 0 Å². The fourth-order valence-electron chi connectivity index (χ4n) is 3.63. The van der Waals surface area contributed by atoms with E-state index < -0.39 is 0 Å². The van der Waals surface area contributed by atoms with E-state index in [1.807, 2.05) is 24.3 Å². The third-order valence-electron chi connectivity index (χ3n) is 5.70. The van der Waals surface area contributed by atoms with Crippen LogP contribution in [0.4, 0.5) is 0 Å². The summed E-state index contributed by atoms with van der Waals surface area (Å²) in [4.78, 5) is 9.58. The van der Waals surface area contributed by atoms with Crippen molar-refractivity contribution in [2.75, 3.05) is 52.5 Å². The van der Waals surface area contributed by atoms with Gasteiger partial charge in [0.2, 0.25) is 0 Å². The fraction of sp³-hybridized carbons (Fsp3) is 0.480. The van der Waals surface area contributed by atoms with Crippen LogP contribution >= 0.6 is 0 Å². The van der Waals surface area contributed by atoms with Crippen LogP contribution < -0.4 is 46.7 Å². The Kier molecular flexibility index (Phi) is 18.9. The van der Waals surface area contributed by atoms with Crippen LogP contribution in [0.15, 0.2) is 42.5 Å². The summed E-state index contributed by atoms with van der Waals surface area (Å²) in [6.45, 7) is 16.1. The van der Waals surface area contributed by atoms with Crippen molar-refractivity contribution >= 4 is 21.8 Å². The molecule has 2 aromatic carbocycles. The van der Waals surface area contributed by atoms with Gasteiger partial charge in [0.15, 0.2) is 0 Å². The summed E-state index contributed by atoms with van der Waals surface area (Å²) >= 11 is 0. The number of nitrogens with zero attached hydrogens (tertiary/aromatic N) is 3. The number of ether oxygens (including phenoxy) is 2. The van der Waals surface area contributed by atoms with Crippen molar-refractivity contribution < 1.29 is 63.8 Å². The molecule has 9 heteroatoms. The monoisotopic (exact) mass is 570 g/mol. The minimum Gasteiger partial charge on any atom is -1.00 e. The van der Waals surface area contributed by atoms with Crippen molar-refractivity contribution in [1.29, 1.82) is 0 Å². The van der Waals surface area contributed by atoms with E-state index in [9.17, 15) is 0 Å². The molecule has 0 fully saturated rings. The Morgan fingerprint density at radius 2 is 1.00 bits per heavy atom. The maximum Gasteiger partial charge on any atom is 3.00 e. The molecular formula is C25H35Cl3FeN3O2. The van der Waals surface area contributed by atoms with Gasteiger partial charge in [-0.2, -0.15) is 0 Å².